The lowest BCUT2D eigenvalue weighted by atomic mass is 9.88. The van der Waals surface area contributed by atoms with Crippen molar-refractivity contribution in [1.82, 2.24) is 0 Å². The van der Waals surface area contributed by atoms with Crippen LogP contribution in [-0.4, -0.2) is 30.1 Å². The van der Waals surface area contributed by atoms with Crippen LogP contribution in [-0.2, 0) is 13.6 Å². The minimum Gasteiger partial charge on any atom is -0.311 e. The monoisotopic (exact) mass is 384 g/mol. The second-order valence-electron chi connectivity index (χ2n) is 8.91. The fourth-order valence-corrected chi connectivity index (χ4v) is 8.86. The number of fused-ring (bicyclic) bond motifs is 3. The van der Waals surface area contributed by atoms with Crippen molar-refractivity contribution in [3.05, 3.63) is 30.3 Å². The molecule has 3 fully saturated rings. The van der Waals surface area contributed by atoms with Gasteiger partial charge in [0.2, 0.25) is 0 Å². The Bertz CT molecular complexity index is 498. The van der Waals surface area contributed by atoms with E-state index in [1.54, 1.807) is 0 Å². The van der Waals surface area contributed by atoms with Crippen LogP contribution >= 0.6 is 16.5 Å². The zero-order valence-corrected chi connectivity index (χ0v) is 18.6. The zero-order valence-electron chi connectivity index (χ0n) is 16.8. The molecule has 0 radical (unpaired) electrons. The van der Waals surface area contributed by atoms with Crippen LogP contribution in [0.15, 0.2) is 30.3 Å². The molecule has 0 spiro atoms. The van der Waals surface area contributed by atoms with Gasteiger partial charge in [0.1, 0.15) is 0 Å². The summed E-state index contributed by atoms with van der Waals surface area (Å²) in [5.74, 6) is 0. The summed E-state index contributed by atoms with van der Waals surface area (Å²) in [6, 6.07) is 11.0. The summed E-state index contributed by atoms with van der Waals surface area (Å²) in [4.78, 5) is 0. The van der Waals surface area contributed by atoms with E-state index in [2.05, 4.69) is 78.8 Å². The molecule has 0 unspecified atom stereocenters. The fourth-order valence-electron chi connectivity index (χ4n) is 3.47. The molecule has 3 aliphatic heterocycles. The SMILES string of the molecule is CC(C)(C)P(c1ccccc1)C(C)(C)C.CCC12COP(OC1)OC2. The lowest BCUT2D eigenvalue weighted by Gasteiger charge is -2.43. The zero-order chi connectivity index (χ0) is 18.7. The summed E-state index contributed by atoms with van der Waals surface area (Å²) < 4.78 is 15.9. The van der Waals surface area contributed by atoms with Gasteiger partial charge in [0.15, 0.2) is 0 Å². The van der Waals surface area contributed by atoms with Crippen LogP contribution in [0.1, 0.15) is 54.9 Å². The standard InChI is InChI=1S/C14H23P.C6H11O3P/c1-13(2,3)15(14(4,5)6)12-10-8-7-9-11-12;1-2-6-3-7-10(8-4-6)9-5-6/h7-11H,1-6H3;2-5H2,1H3. The van der Waals surface area contributed by atoms with Crippen LogP contribution in [0.4, 0.5) is 0 Å². The summed E-state index contributed by atoms with van der Waals surface area (Å²) in [7, 11) is -1.08. The van der Waals surface area contributed by atoms with E-state index in [9.17, 15) is 0 Å². The van der Waals surface area contributed by atoms with Crippen molar-refractivity contribution in [2.24, 2.45) is 5.41 Å². The number of rotatable bonds is 2. The molecule has 3 heterocycles. The Balaban J connectivity index is 0.000000194. The van der Waals surface area contributed by atoms with Crippen molar-refractivity contribution in [2.45, 2.75) is 65.2 Å². The normalized spacial score (nSPS) is 26.3. The van der Waals surface area contributed by atoms with Gasteiger partial charge in [0.05, 0.1) is 19.8 Å². The first-order valence-electron chi connectivity index (χ1n) is 9.12. The van der Waals surface area contributed by atoms with Gasteiger partial charge in [-0.05, 0) is 22.0 Å². The van der Waals surface area contributed by atoms with Gasteiger partial charge in [-0.1, -0.05) is 86.7 Å². The third-order valence-corrected chi connectivity index (χ3v) is 9.05. The van der Waals surface area contributed by atoms with Crippen LogP contribution in [0.2, 0.25) is 0 Å². The number of hydrogen-bond donors (Lipinski definition) is 0. The maximum atomic E-state index is 5.29. The van der Waals surface area contributed by atoms with E-state index in [1.165, 1.54) is 5.30 Å². The lowest BCUT2D eigenvalue weighted by molar-refractivity contribution is -0.0743. The topological polar surface area (TPSA) is 27.7 Å². The largest absolute Gasteiger partial charge is 0.332 e. The predicted octanol–water partition coefficient (Wildman–Crippen LogP) is 6.08. The van der Waals surface area contributed by atoms with Crippen LogP contribution in [0, 0.1) is 5.41 Å². The first kappa shape index (κ1) is 21.3. The molecule has 0 amide bonds. The molecule has 25 heavy (non-hydrogen) atoms. The van der Waals surface area contributed by atoms with Gasteiger partial charge in [-0.25, -0.2) is 0 Å². The van der Waals surface area contributed by atoms with E-state index in [0.29, 0.717) is 10.3 Å². The molecule has 142 valence electrons. The van der Waals surface area contributed by atoms with E-state index < -0.39 is 8.60 Å². The van der Waals surface area contributed by atoms with Crippen LogP contribution < -0.4 is 5.30 Å². The molecule has 5 heteroatoms. The third kappa shape index (κ3) is 5.72. The maximum Gasteiger partial charge on any atom is 0.332 e. The van der Waals surface area contributed by atoms with Crippen molar-refractivity contribution < 1.29 is 13.6 Å². The maximum absolute atomic E-state index is 5.29. The first-order valence-corrected chi connectivity index (χ1v) is 11.6. The van der Waals surface area contributed by atoms with Crippen LogP contribution in [0.25, 0.3) is 0 Å². The van der Waals surface area contributed by atoms with E-state index in [4.69, 9.17) is 13.6 Å². The highest BCUT2D eigenvalue weighted by Gasteiger charge is 2.43. The highest BCUT2D eigenvalue weighted by atomic mass is 31.2. The molecular weight excluding hydrogens is 350 g/mol. The van der Waals surface area contributed by atoms with E-state index in [0.717, 1.165) is 26.2 Å². The summed E-state index contributed by atoms with van der Waals surface area (Å²) in [5.41, 5.74) is 0.178. The average molecular weight is 384 g/mol. The minimum absolute atomic E-state index is 0.138. The van der Waals surface area contributed by atoms with Crippen LogP contribution in [0.5, 0.6) is 0 Å². The second-order valence-corrected chi connectivity index (χ2v) is 14.0. The molecular formula is C20H34O3P2. The molecule has 1 aromatic rings. The molecule has 0 saturated carbocycles. The predicted molar refractivity (Wildman–Crippen MR) is 110 cm³/mol. The van der Waals surface area contributed by atoms with Crippen molar-refractivity contribution in [3.8, 4) is 0 Å². The molecule has 0 aromatic heterocycles. The molecule has 3 saturated heterocycles. The highest BCUT2D eigenvalue weighted by Crippen LogP contribution is 2.58. The Kier molecular flexibility index (Phi) is 7.08. The van der Waals surface area contributed by atoms with Crippen molar-refractivity contribution >= 4 is 21.8 Å². The van der Waals surface area contributed by atoms with Crippen molar-refractivity contribution in [1.29, 1.82) is 0 Å². The Labute approximate surface area is 156 Å². The quantitative estimate of drug-likeness (QED) is 0.579. The fraction of sp³-hybridized carbons (Fsp3) is 0.700. The first-order chi connectivity index (χ1) is 11.6. The van der Waals surface area contributed by atoms with E-state index in [1.807, 2.05) is 0 Å². The van der Waals surface area contributed by atoms with Gasteiger partial charge in [0.25, 0.3) is 0 Å². The number of benzene rings is 1. The van der Waals surface area contributed by atoms with E-state index >= 15 is 0 Å². The molecule has 0 aliphatic carbocycles. The second kappa shape index (κ2) is 8.32. The Morgan fingerprint density at radius 3 is 1.64 bits per heavy atom. The third-order valence-electron chi connectivity index (χ3n) is 4.53. The smallest absolute Gasteiger partial charge is 0.311 e. The number of hydrogen-bond acceptors (Lipinski definition) is 3. The Morgan fingerprint density at radius 1 is 0.880 bits per heavy atom. The molecule has 3 aliphatic rings. The summed E-state index contributed by atoms with van der Waals surface area (Å²) >= 11 is 0. The summed E-state index contributed by atoms with van der Waals surface area (Å²) in [5, 5.41) is 2.26. The van der Waals surface area contributed by atoms with E-state index in [-0.39, 0.29) is 13.3 Å². The Morgan fingerprint density at radius 2 is 1.32 bits per heavy atom. The van der Waals surface area contributed by atoms with Crippen LogP contribution in [0.3, 0.4) is 0 Å². The lowest BCUT2D eigenvalue weighted by Crippen LogP contribution is -2.42. The van der Waals surface area contributed by atoms with Gasteiger partial charge >= 0.3 is 8.60 Å². The van der Waals surface area contributed by atoms with Gasteiger partial charge in [0, 0.05) is 5.41 Å². The highest BCUT2D eigenvalue weighted by molar-refractivity contribution is 7.68. The molecule has 4 rings (SSSR count). The molecule has 2 bridgehead atoms. The minimum atomic E-state index is -0.941. The molecule has 0 atom stereocenters. The van der Waals surface area contributed by atoms with Crippen molar-refractivity contribution in [2.75, 3.05) is 19.8 Å². The summed E-state index contributed by atoms with van der Waals surface area (Å²) in [6.45, 7) is 18.8. The average Bonchev–Trinajstić information content (AvgIpc) is 2.55. The molecule has 1 aromatic carbocycles. The summed E-state index contributed by atoms with van der Waals surface area (Å²) in [6.07, 6.45) is 1.08. The van der Waals surface area contributed by atoms with Gasteiger partial charge in [-0.3, -0.25) is 0 Å². The van der Waals surface area contributed by atoms with Gasteiger partial charge in [-0.15, -0.1) is 0 Å². The van der Waals surface area contributed by atoms with Gasteiger partial charge < -0.3 is 13.6 Å². The van der Waals surface area contributed by atoms with Gasteiger partial charge in [-0.2, -0.15) is 0 Å². The molecule has 3 nitrogen and oxygen atoms in total. The molecule has 0 N–H and O–H groups in total. The Hall–Kier alpha value is -0.0400. The van der Waals surface area contributed by atoms with Crippen molar-refractivity contribution in [3.63, 3.8) is 0 Å².